The minimum atomic E-state index is -3.59. The fourth-order valence-corrected chi connectivity index (χ4v) is 4.55. The van der Waals surface area contributed by atoms with Crippen molar-refractivity contribution in [3.05, 3.63) is 65.5 Å². The van der Waals surface area contributed by atoms with Crippen LogP contribution < -0.4 is 0 Å². The highest BCUT2D eigenvalue weighted by Crippen LogP contribution is 2.15. The molecule has 28 heavy (non-hydrogen) atoms. The number of aryl methyl sites for hydroxylation is 1. The summed E-state index contributed by atoms with van der Waals surface area (Å²) >= 11 is 0. The number of piperazine rings is 1. The van der Waals surface area contributed by atoms with E-state index in [1.54, 1.807) is 4.90 Å². The molecule has 150 valence electrons. The minimum absolute atomic E-state index is 0.0461. The van der Waals surface area contributed by atoms with Crippen LogP contribution in [0.3, 0.4) is 0 Å². The Morgan fingerprint density at radius 2 is 1.64 bits per heavy atom. The molecular weight excluding hydrogens is 379 g/mol. The van der Waals surface area contributed by atoms with Gasteiger partial charge in [0.1, 0.15) is 5.82 Å². The van der Waals surface area contributed by atoms with Crippen LogP contribution in [0.25, 0.3) is 0 Å². The van der Waals surface area contributed by atoms with Gasteiger partial charge in [0, 0.05) is 39.1 Å². The average molecular weight is 405 g/mol. The highest BCUT2D eigenvalue weighted by atomic mass is 32.2. The van der Waals surface area contributed by atoms with Gasteiger partial charge in [-0.05, 0) is 42.3 Å². The zero-order chi connectivity index (χ0) is 20.1. The van der Waals surface area contributed by atoms with Crippen LogP contribution in [0.15, 0.2) is 53.4 Å². The molecule has 0 spiro atoms. The molecule has 0 saturated carbocycles. The van der Waals surface area contributed by atoms with E-state index in [1.165, 1.54) is 23.3 Å². The van der Waals surface area contributed by atoms with Gasteiger partial charge < -0.3 is 4.90 Å². The Kier molecular flexibility index (Phi) is 6.46. The summed E-state index contributed by atoms with van der Waals surface area (Å²) in [6.45, 7) is 5.68. The summed E-state index contributed by atoms with van der Waals surface area (Å²) in [6.07, 6.45) is -0.0580. The van der Waals surface area contributed by atoms with Gasteiger partial charge in [0.15, 0.2) is 9.84 Å². The molecule has 0 bridgehead atoms. The monoisotopic (exact) mass is 404 g/mol. The molecule has 1 aliphatic rings. The van der Waals surface area contributed by atoms with Gasteiger partial charge in [-0.15, -0.1) is 0 Å². The van der Waals surface area contributed by atoms with Gasteiger partial charge in [-0.25, -0.2) is 12.8 Å². The molecule has 0 aromatic heterocycles. The van der Waals surface area contributed by atoms with Crippen molar-refractivity contribution < 1.29 is 17.6 Å². The zero-order valence-electron chi connectivity index (χ0n) is 16.0. The molecule has 0 N–H and O–H groups in total. The Bertz CT molecular complexity index is 921. The normalized spacial score (nSPS) is 15.6. The van der Waals surface area contributed by atoms with E-state index in [9.17, 15) is 17.6 Å². The largest absolute Gasteiger partial charge is 0.340 e. The van der Waals surface area contributed by atoms with Crippen molar-refractivity contribution >= 4 is 15.7 Å². The molecule has 1 heterocycles. The molecule has 1 saturated heterocycles. The van der Waals surface area contributed by atoms with Crippen LogP contribution in [-0.2, 0) is 21.2 Å². The summed E-state index contributed by atoms with van der Waals surface area (Å²) in [4.78, 5) is 16.5. The highest BCUT2D eigenvalue weighted by molar-refractivity contribution is 7.91. The number of carbonyl (C=O) groups excluding carboxylic acids is 1. The SMILES string of the molecule is Cc1ccccc1CN1CCN(C(=O)CCS(=O)(=O)c2ccc(F)cc2)CC1. The quantitative estimate of drug-likeness (QED) is 0.695. The van der Waals surface area contributed by atoms with Crippen molar-refractivity contribution in [3.8, 4) is 0 Å². The van der Waals surface area contributed by atoms with Crippen molar-refractivity contribution in [1.82, 2.24) is 9.80 Å². The van der Waals surface area contributed by atoms with Crippen molar-refractivity contribution in [1.29, 1.82) is 0 Å². The van der Waals surface area contributed by atoms with E-state index >= 15 is 0 Å². The standard InChI is InChI=1S/C21H25FN2O3S/c1-17-4-2-3-5-18(17)16-23-11-13-24(14-12-23)21(25)10-15-28(26,27)20-8-6-19(22)7-9-20/h2-9H,10-16H2,1H3. The van der Waals surface area contributed by atoms with Gasteiger partial charge in [-0.3, -0.25) is 9.69 Å². The third kappa shape index (κ3) is 5.17. The third-order valence-corrected chi connectivity index (χ3v) is 6.87. The number of sulfone groups is 1. The lowest BCUT2D eigenvalue weighted by atomic mass is 10.1. The average Bonchev–Trinajstić information content (AvgIpc) is 2.69. The maximum absolute atomic E-state index is 13.0. The molecule has 0 radical (unpaired) electrons. The van der Waals surface area contributed by atoms with E-state index in [1.807, 2.05) is 12.1 Å². The van der Waals surface area contributed by atoms with E-state index in [0.29, 0.717) is 13.1 Å². The molecule has 0 aliphatic carbocycles. The number of carbonyl (C=O) groups is 1. The second-order valence-electron chi connectivity index (χ2n) is 7.11. The first-order valence-electron chi connectivity index (χ1n) is 9.38. The van der Waals surface area contributed by atoms with E-state index in [2.05, 4.69) is 24.0 Å². The number of hydrogen-bond acceptors (Lipinski definition) is 4. The summed E-state index contributed by atoms with van der Waals surface area (Å²) in [7, 11) is -3.59. The molecule has 1 fully saturated rings. The highest BCUT2D eigenvalue weighted by Gasteiger charge is 2.23. The van der Waals surface area contributed by atoms with Crippen LogP contribution >= 0.6 is 0 Å². The van der Waals surface area contributed by atoms with Crippen LogP contribution in [0.2, 0.25) is 0 Å². The molecule has 1 amide bonds. The van der Waals surface area contributed by atoms with E-state index < -0.39 is 15.7 Å². The van der Waals surface area contributed by atoms with Crippen LogP contribution in [0.4, 0.5) is 4.39 Å². The Labute approximate surface area is 165 Å². The summed E-state index contributed by atoms with van der Waals surface area (Å²) < 4.78 is 37.6. The van der Waals surface area contributed by atoms with Gasteiger partial charge in [0.05, 0.1) is 10.6 Å². The molecule has 3 rings (SSSR count). The van der Waals surface area contributed by atoms with Gasteiger partial charge in [0.2, 0.25) is 5.91 Å². The summed E-state index contributed by atoms with van der Waals surface area (Å²) in [6, 6.07) is 13.0. The Morgan fingerprint density at radius 3 is 2.29 bits per heavy atom. The Balaban J connectivity index is 1.48. The van der Waals surface area contributed by atoms with Gasteiger partial charge >= 0.3 is 0 Å². The van der Waals surface area contributed by atoms with E-state index in [4.69, 9.17) is 0 Å². The number of nitrogens with zero attached hydrogens (tertiary/aromatic N) is 2. The lowest BCUT2D eigenvalue weighted by Crippen LogP contribution is -2.48. The first-order chi connectivity index (χ1) is 13.3. The third-order valence-electron chi connectivity index (χ3n) is 5.14. The van der Waals surface area contributed by atoms with Gasteiger partial charge in [-0.2, -0.15) is 0 Å². The Morgan fingerprint density at radius 1 is 1.00 bits per heavy atom. The lowest BCUT2D eigenvalue weighted by molar-refractivity contribution is -0.132. The molecule has 7 heteroatoms. The number of hydrogen-bond donors (Lipinski definition) is 0. The predicted molar refractivity (Wildman–Crippen MR) is 106 cm³/mol. The van der Waals surface area contributed by atoms with E-state index in [-0.39, 0.29) is 23.0 Å². The van der Waals surface area contributed by atoms with Crippen molar-refractivity contribution in [3.63, 3.8) is 0 Å². The van der Waals surface area contributed by atoms with Crippen LogP contribution in [-0.4, -0.2) is 56.1 Å². The van der Waals surface area contributed by atoms with E-state index in [0.717, 1.165) is 31.8 Å². The lowest BCUT2D eigenvalue weighted by Gasteiger charge is -2.35. The Hall–Kier alpha value is -2.25. The second-order valence-corrected chi connectivity index (χ2v) is 9.22. The zero-order valence-corrected chi connectivity index (χ0v) is 16.8. The van der Waals surface area contributed by atoms with Crippen LogP contribution in [0.1, 0.15) is 17.5 Å². The summed E-state index contributed by atoms with van der Waals surface area (Å²) in [5.74, 6) is -0.902. The fourth-order valence-electron chi connectivity index (χ4n) is 3.32. The number of benzene rings is 2. The smallest absolute Gasteiger partial charge is 0.223 e. The van der Waals surface area contributed by atoms with Crippen LogP contribution in [0.5, 0.6) is 0 Å². The van der Waals surface area contributed by atoms with Crippen molar-refractivity contribution in [2.45, 2.75) is 24.8 Å². The number of halogens is 1. The first kappa shape index (κ1) is 20.5. The van der Waals surface area contributed by atoms with Crippen molar-refractivity contribution in [2.75, 3.05) is 31.9 Å². The van der Waals surface area contributed by atoms with Gasteiger partial charge in [0.25, 0.3) is 0 Å². The number of rotatable bonds is 6. The van der Waals surface area contributed by atoms with Crippen molar-refractivity contribution in [2.24, 2.45) is 0 Å². The second kappa shape index (κ2) is 8.84. The van der Waals surface area contributed by atoms with Crippen LogP contribution in [0, 0.1) is 12.7 Å². The summed E-state index contributed by atoms with van der Waals surface area (Å²) in [5.41, 5.74) is 2.54. The molecule has 0 atom stereocenters. The fraction of sp³-hybridized carbons (Fsp3) is 0.381. The molecule has 0 unspecified atom stereocenters. The topological polar surface area (TPSA) is 57.7 Å². The molecule has 1 aliphatic heterocycles. The number of amides is 1. The molecule has 2 aromatic rings. The molecule has 2 aromatic carbocycles. The molecular formula is C21H25FN2O3S. The van der Waals surface area contributed by atoms with Gasteiger partial charge in [-0.1, -0.05) is 24.3 Å². The maximum Gasteiger partial charge on any atom is 0.223 e. The summed E-state index contributed by atoms with van der Waals surface area (Å²) in [5, 5.41) is 0. The maximum atomic E-state index is 13.0. The minimum Gasteiger partial charge on any atom is -0.340 e. The molecule has 5 nitrogen and oxygen atoms in total. The predicted octanol–water partition coefficient (Wildman–Crippen LogP) is 2.64. The first-order valence-corrected chi connectivity index (χ1v) is 11.0.